The van der Waals surface area contributed by atoms with Gasteiger partial charge in [-0.3, -0.25) is 4.90 Å². The minimum absolute atomic E-state index is 0.0136. The van der Waals surface area contributed by atoms with E-state index in [1.165, 1.54) is 6.07 Å². The molecule has 0 amide bonds. The Hall–Kier alpha value is -3.44. The van der Waals surface area contributed by atoms with E-state index in [2.05, 4.69) is 42.1 Å². The van der Waals surface area contributed by atoms with Crippen LogP contribution in [0.5, 0.6) is 0 Å². The third kappa shape index (κ3) is 5.33. The Bertz CT molecular complexity index is 1400. The molecule has 0 unspecified atom stereocenters. The average Bonchev–Trinajstić information content (AvgIpc) is 3.23. The van der Waals surface area contributed by atoms with Gasteiger partial charge in [-0.25, -0.2) is 23.7 Å². The zero-order valence-corrected chi connectivity index (χ0v) is 21.7. The number of pyridine rings is 1. The fourth-order valence-corrected chi connectivity index (χ4v) is 4.95. The number of nitrogens with one attached hydrogen (secondary N) is 1. The number of fused-ring (bicyclic) bond motifs is 1. The van der Waals surface area contributed by atoms with E-state index in [1.807, 2.05) is 32.2 Å². The van der Waals surface area contributed by atoms with E-state index in [-0.39, 0.29) is 23.1 Å². The number of benzene rings is 1. The first-order valence-electron chi connectivity index (χ1n) is 12.7. The molecule has 1 N–H and O–H groups in total. The van der Waals surface area contributed by atoms with E-state index in [9.17, 15) is 8.78 Å². The molecule has 0 bridgehead atoms. The van der Waals surface area contributed by atoms with Crippen LogP contribution in [0, 0.1) is 11.6 Å². The van der Waals surface area contributed by atoms with Gasteiger partial charge in [-0.1, -0.05) is 26.8 Å². The van der Waals surface area contributed by atoms with Crippen molar-refractivity contribution in [1.29, 1.82) is 0 Å². The fraction of sp³-hybridized carbons (Fsp3) is 0.385. The van der Waals surface area contributed by atoms with Crippen LogP contribution in [0.15, 0.2) is 36.7 Å². The molecule has 11 heteroatoms. The summed E-state index contributed by atoms with van der Waals surface area (Å²) in [7, 11) is 1.78. The van der Waals surface area contributed by atoms with E-state index >= 15 is 0 Å². The standard InChI is InChI=1S/C26H31BF2N8/c1-4-35-7-9-36(10-8-35)15-17-5-6-22(30-13-17)32-26-31-14-21(29)23(33-26)18-11-19-24(20(28)12-18)34-37(27)25(19)16(2)3/h5-6,11-14,16H,4,7-10,15,27H2,1-3H3,(H,30,31,32,33). The number of aromatic nitrogens is 5. The molecule has 1 aliphatic heterocycles. The smallest absolute Gasteiger partial charge is 0.249 e. The summed E-state index contributed by atoms with van der Waals surface area (Å²) < 4.78 is 31.4. The quantitative estimate of drug-likeness (QED) is 0.386. The van der Waals surface area contributed by atoms with E-state index in [4.69, 9.17) is 0 Å². The van der Waals surface area contributed by atoms with Crippen molar-refractivity contribution in [1.82, 2.24) is 34.4 Å². The lowest BCUT2D eigenvalue weighted by Gasteiger charge is -2.33. The summed E-state index contributed by atoms with van der Waals surface area (Å²) in [4.78, 5) is 17.8. The van der Waals surface area contributed by atoms with E-state index < -0.39 is 11.6 Å². The topological polar surface area (TPSA) is 75.0 Å². The highest BCUT2D eigenvalue weighted by Gasteiger charge is 2.19. The number of hydrogen-bond donors (Lipinski definition) is 1. The first kappa shape index (κ1) is 25.2. The molecule has 0 atom stereocenters. The molecule has 1 aliphatic rings. The maximum atomic E-state index is 14.9. The van der Waals surface area contributed by atoms with Crippen molar-refractivity contribution < 1.29 is 8.78 Å². The zero-order valence-electron chi connectivity index (χ0n) is 21.7. The predicted octanol–water partition coefficient (Wildman–Crippen LogP) is 3.57. The number of anilines is 2. The van der Waals surface area contributed by atoms with Crippen molar-refractivity contribution in [2.45, 2.75) is 33.2 Å². The van der Waals surface area contributed by atoms with Crippen LogP contribution in [0.1, 0.15) is 37.9 Å². The molecule has 8 nitrogen and oxygen atoms in total. The van der Waals surface area contributed by atoms with E-state index in [0.29, 0.717) is 16.8 Å². The van der Waals surface area contributed by atoms with Crippen LogP contribution in [-0.4, -0.2) is 75.1 Å². The zero-order chi connectivity index (χ0) is 26.1. The van der Waals surface area contributed by atoms with Gasteiger partial charge in [0.15, 0.2) is 11.6 Å². The lowest BCUT2D eigenvalue weighted by Crippen LogP contribution is -2.45. The average molecular weight is 504 g/mol. The van der Waals surface area contributed by atoms with Gasteiger partial charge >= 0.3 is 0 Å². The predicted molar refractivity (Wildman–Crippen MR) is 144 cm³/mol. The molecular formula is C26H31BF2N8. The van der Waals surface area contributed by atoms with Crippen LogP contribution in [0.2, 0.25) is 0 Å². The number of hydrogen-bond acceptors (Lipinski definition) is 7. The molecule has 37 heavy (non-hydrogen) atoms. The summed E-state index contributed by atoms with van der Waals surface area (Å²) in [6.45, 7) is 12.4. The minimum atomic E-state index is -0.634. The highest BCUT2D eigenvalue weighted by Crippen LogP contribution is 2.32. The van der Waals surface area contributed by atoms with Gasteiger partial charge in [-0.15, -0.1) is 0 Å². The Morgan fingerprint density at radius 1 is 1.00 bits per heavy atom. The molecule has 5 rings (SSSR count). The molecular weight excluding hydrogens is 473 g/mol. The molecule has 3 aromatic heterocycles. The van der Waals surface area contributed by atoms with Crippen molar-refractivity contribution in [3.63, 3.8) is 0 Å². The second-order valence-corrected chi connectivity index (χ2v) is 9.80. The summed E-state index contributed by atoms with van der Waals surface area (Å²) in [6.07, 6.45) is 2.92. The monoisotopic (exact) mass is 504 g/mol. The van der Waals surface area contributed by atoms with Crippen molar-refractivity contribution in [2.24, 2.45) is 0 Å². The number of piperazine rings is 1. The second kappa shape index (κ2) is 10.5. The van der Waals surface area contributed by atoms with Gasteiger partial charge < -0.3 is 14.8 Å². The van der Waals surface area contributed by atoms with Crippen molar-refractivity contribution in [3.05, 3.63) is 59.6 Å². The Kier molecular flexibility index (Phi) is 7.16. The third-order valence-electron chi connectivity index (χ3n) is 6.89. The first-order chi connectivity index (χ1) is 17.8. The van der Waals surface area contributed by atoms with E-state index in [1.54, 1.807) is 18.6 Å². The van der Waals surface area contributed by atoms with Crippen LogP contribution in [0.4, 0.5) is 20.5 Å². The molecule has 0 saturated carbocycles. The lowest BCUT2D eigenvalue weighted by atomic mass is 10.0. The van der Waals surface area contributed by atoms with Crippen LogP contribution < -0.4 is 5.32 Å². The van der Waals surface area contributed by atoms with Crippen molar-refractivity contribution in [3.8, 4) is 11.3 Å². The van der Waals surface area contributed by atoms with Gasteiger partial charge in [0.05, 0.1) is 6.20 Å². The number of rotatable bonds is 7. The summed E-state index contributed by atoms with van der Waals surface area (Å²) in [6, 6.07) is 6.89. The molecule has 0 aliphatic carbocycles. The lowest BCUT2D eigenvalue weighted by molar-refractivity contribution is 0.132. The second-order valence-electron chi connectivity index (χ2n) is 9.80. The minimum Gasteiger partial charge on any atom is -0.322 e. The largest absolute Gasteiger partial charge is 0.322 e. The van der Waals surface area contributed by atoms with E-state index in [0.717, 1.165) is 56.7 Å². The normalized spacial score (nSPS) is 15.1. The molecule has 4 aromatic rings. The molecule has 1 fully saturated rings. The molecule has 4 heterocycles. The Labute approximate surface area is 216 Å². The molecule has 0 spiro atoms. The Balaban J connectivity index is 1.35. The number of halogens is 2. The van der Waals surface area contributed by atoms with Gasteiger partial charge in [0, 0.05) is 55.6 Å². The Morgan fingerprint density at radius 3 is 2.43 bits per heavy atom. The van der Waals surface area contributed by atoms with Gasteiger partial charge in [-0.2, -0.15) is 5.10 Å². The maximum absolute atomic E-state index is 14.9. The maximum Gasteiger partial charge on any atom is 0.249 e. The molecule has 1 saturated heterocycles. The third-order valence-corrected chi connectivity index (χ3v) is 6.89. The van der Waals surface area contributed by atoms with Crippen molar-refractivity contribution in [2.75, 3.05) is 38.0 Å². The number of nitrogens with zero attached hydrogens (tertiary/aromatic N) is 7. The highest BCUT2D eigenvalue weighted by molar-refractivity contribution is 6.08. The van der Waals surface area contributed by atoms with Crippen LogP contribution in [0.3, 0.4) is 0 Å². The van der Waals surface area contributed by atoms with Crippen LogP contribution in [0.25, 0.3) is 22.2 Å². The van der Waals surface area contributed by atoms with Crippen LogP contribution >= 0.6 is 0 Å². The Morgan fingerprint density at radius 2 is 1.76 bits per heavy atom. The fourth-order valence-electron chi connectivity index (χ4n) is 4.95. The summed E-state index contributed by atoms with van der Waals surface area (Å²) in [5.41, 5.74) is 2.60. The molecule has 192 valence electrons. The van der Waals surface area contributed by atoms with Gasteiger partial charge in [0.1, 0.15) is 17.0 Å². The first-order valence-corrected chi connectivity index (χ1v) is 12.7. The SMILES string of the molecule is Bn1nc2c(F)cc(-c3nc(Nc4ccc(CN5CCN(CC)CC5)cn4)ncc3F)cc2c1C(C)C. The summed E-state index contributed by atoms with van der Waals surface area (Å²) >= 11 is 0. The van der Waals surface area contributed by atoms with Crippen LogP contribution in [-0.2, 0) is 6.54 Å². The molecule has 1 aromatic carbocycles. The summed E-state index contributed by atoms with van der Waals surface area (Å²) in [5, 5.41) is 7.99. The van der Waals surface area contributed by atoms with Crippen molar-refractivity contribution >= 4 is 30.7 Å². The molecule has 0 radical (unpaired) electrons. The van der Waals surface area contributed by atoms with Gasteiger partial charge in [0.2, 0.25) is 13.9 Å². The summed E-state index contributed by atoms with van der Waals surface area (Å²) in [5.74, 6) is -0.301. The number of likely N-dealkylation sites (N-methyl/N-ethyl adjacent to an activating group) is 1. The highest BCUT2D eigenvalue weighted by atomic mass is 19.1. The van der Waals surface area contributed by atoms with Gasteiger partial charge in [-0.05, 0) is 36.2 Å². The van der Waals surface area contributed by atoms with Gasteiger partial charge in [0.25, 0.3) is 0 Å².